The van der Waals surface area contributed by atoms with Gasteiger partial charge in [-0.25, -0.2) is 4.79 Å². The van der Waals surface area contributed by atoms with E-state index in [0.29, 0.717) is 27.9 Å². The van der Waals surface area contributed by atoms with Gasteiger partial charge in [-0.05, 0) is 48.7 Å². The van der Waals surface area contributed by atoms with Crippen LogP contribution in [0.5, 0.6) is 0 Å². The Kier molecular flexibility index (Phi) is 6.79. The minimum absolute atomic E-state index is 0.122. The third-order valence-corrected chi connectivity index (χ3v) is 4.61. The first-order chi connectivity index (χ1) is 14.3. The summed E-state index contributed by atoms with van der Waals surface area (Å²) in [6.07, 6.45) is 0.371. The molecular formula is C21H21ClN4O4. The molecule has 0 radical (unpaired) electrons. The summed E-state index contributed by atoms with van der Waals surface area (Å²) >= 11 is 5.85. The van der Waals surface area contributed by atoms with Gasteiger partial charge in [-0.1, -0.05) is 42.8 Å². The number of amides is 1. The lowest BCUT2D eigenvalue weighted by atomic mass is 10.0. The molecule has 0 spiro atoms. The van der Waals surface area contributed by atoms with Crippen LogP contribution in [0.25, 0.3) is 10.9 Å². The van der Waals surface area contributed by atoms with Crippen LogP contribution < -0.4 is 10.9 Å². The van der Waals surface area contributed by atoms with E-state index in [-0.39, 0.29) is 5.92 Å². The maximum absolute atomic E-state index is 12.6. The lowest BCUT2D eigenvalue weighted by Crippen LogP contribution is -2.43. The number of carbonyl (C=O) groups excluding carboxylic acids is 2. The topological polar surface area (TPSA) is 103 Å². The highest BCUT2D eigenvalue weighted by atomic mass is 35.5. The third-order valence-electron chi connectivity index (χ3n) is 4.36. The van der Waals surface area contributed by atoms with Crippen LogP contribution in [0, 0.1) is 5.92 Å². The van der Waals surface area contributed by atoms with Crippen molar-refractivity contribution < 1.29 is 14.3 Å². The van der Waals surface area contributed by atoms with Crippen molar-refractivity contribution >= 4 is 34.4 Å². The predicted octanol–water partition coefficient (Wildman–Crippen LogP) is 2.79. The summed E-state index contributed by atoms with van der Waals surface area (Å²) in [5.41, 5.74) is 0.412. The van der Waals surface area contributed by atoms with Gasteiger partial charge >= 0.3 is 5.97 Å². The van der Waals surface area contributed by atoms with Gasteiger partial charge in [-0.15, -0.1) is 5.10 Å². The number of hydrogen-bond acceptors (Lipinski definition) is 6. The summed E-state index contributed by atoms with van der Waals surface area (Å²) in [5, 5.41) is 11.3. The van der Waals surface area contributed by atoms with Gasteiger partial charge in [0.2, 0.25) is 0 Å². The monoisotopic (exact) mass is 428 g/mol. The molecule has 0 aliphatic heterocycles. The zero-order valence-corrected chi connectivity index (χ0v) is 17.3. The van der Waals surface area contributed by atoms with Crippen molar-refractivity contribution in [2.24, 2.45) is 5.92 Å². The van der Waals surface area contributed by atoms with Gasteiger partial charge in [-0.3, -0.25) is 9.59 Å². The van der Waals surface area contributed by atoms with Crippen molar-refractivity contribution in [3.63, 3.8) is 0 Å². The van der Waals surface area contributed by atoms with Crippen LogP contribution in [-0.4, -0.2) is 32.9 Å². The summed E-state index contributed by atoms with van der Waals surface area (Å²) in [7, 11) is 0. The number of ether oxygens (including phenoxy) is 1. The molecule has 1 heterocycles. The Hall–Kier alpha value is -3.26. The highest BCUT2D eigenvalue weighted by Gasteiger charge is 2.24. The molecule has 156 valence electrons. The van der Waals surface area contributed by atoms with Crippen molar-refractivity contribution in [3.8, 4) is 0 Å². The molecule has 8 nitrogen and oxygen atoms in total. The zero-order chi connectivity index (χ0) is 21.7. The minimum Gasteiger partial charge on any atom is -0.441 e. The Morgan fingerprint density at radius 3 is 2.53 bits per heavy atom. The number of halogens is 1. The van der Waals surface area contributed by atoms with Gasteiger partial charge in [0.05, 0.1) is 5.39 Å². The number of aromatic nitrogens is 3. The lowest BCUT2D eigenvalue weighted by molar-refractivity contribution is -0.150. The van der Waals surface area contributed by atoms with Gasteiger partial charge in [0, 0.05) is 10.6 Å². The Morgan fingerprint density at radius 2 is 1.83 bits per heavy atom. The second kappa shape index (κ2) is 9.49. The fourth-order valence-electron chi connectivity index (χ4n) is 2.86. The molecule has 9 heteroatoms. The highest BCUT2D eigenvalue weighted by molar-refractivity contribution is 6.30. The molecule has 0 aliphatic rings. The van der Waals surface area contributed by atoms with E-state index in [1.165, 1.54) is 0 Å². The SMILES string of the molecule is CC(C)CC(NC(=O)c1ccc(Cl)cc1)C(=O)OCn1nnc2ccccc2c1=O. The molecule has 1 atom stereocenters. The molecule has 0 bridgehead atoms. The van der Waals surface area contributed by atoms with Gasteiger partial charge in [0.1, 0.15) is 11.6 Å². The standard InChI is InChI=1S/C21H21ClN4O4/c1-13(2)11-18(23-19(27)14-7-9-15(22)10-8-14)21(29)30-12-26-20(28)16-5-3-4-6-17(16)24-25-26/h3-10,13,18H,11-12H2,1-2H3,(H,23,27). The van der Waals surface area contributed by atoms with Crippen molar-refractivity contribution in [3.05, 3.63) is 69.5 Å². The number of esters is 1. The average molecular weight is 429 g/mol. The normalized spacial score (nSPS) is 12.0. The van der Waals surface area contributed by atoms with E-state index >= 15 is 0 Å². The van der Waals surface area contributed by atoms with Crippen LogP contribution in [0.4, 0.5) is 0 Å². The van der Waals surface area contributed by atoms with E-state index in [9.17, 15) is 14.4 Å². The molecule has 2 aromatic carbocycles. The Morgan fingerprint density at radius 1 is 1.13 bits per heavy atom. The first-order valence-electron chi connectivity index (χ1n) is 9.40. The average Bonchev–Trinajstić information content (AvgIpc) is 2.73. The smallest absolute Gasteiger partial charge is 0.330 e. The summed E-state index contributed by atoms with van der Waals surface area (Å²) < 4.78 is 6.23. The fourth-order valence-corrected chi connectivity index (χ4v) is 2.99. The second-order valence-corrected chi connectivity index (χ2v) is 7.60. The van der Waals surface area contributed by atoms with Crippen LogP contribution in [0.15, 0.2) is 53.3 Å². The number of nitrogens with zero attached hydrogens (tertiary/aromatic N) is 3. The van der Waals surface area contributed by atoms with Crippen LogP contribution in [0.1, 0.15) is 30.6 Å². The lowest BCUT2D eigenvalue weighted by Gasteiger charge is -2.19. The molecule has 0 fully saturated rings. The largest absolute Gasteiger partial charge is 0.441 e. The molecule has 0 saturated heterocycles. The molecule has 1 unspecified atom stereocenters. The van der Waals surface area contributed by atoms with Crippen LogP contribution >= 0.6 is 11.6 Å². The molecule has 1 N–H and O–H groups in total. The Labute approximate surface area is 177 Å². The summed E-state index contributed by atoms with van der Waals surface area (Å²) in [6, 6.07) is 12.2. The maximum Gasteiger partial charge on any atom is 0.330 e. The number of hydrogen-bond donors (Lipinski definition) is 1. The number of carbonyl (C=O) groups is 2. The summed E-state index contributed by atoms with van der Waals surface area (Å²) in [6.45, 7) is 3.45. The van der Waals surface area contributed by atoms with Gasteiger partial charge < -0.3 is 10.1 Å². The number of benzene rings is 2. The number of nitrogens with one attached hydrogen (secondary N) is 1. The van der Waals surface area contributed by atoms with Crippen molar-refractivity contribution in [1.29, 1.82) is 0 Å². The van der Waals surface area contributed by atoms with E-state index in [2.05, 4.69) is 15.6 Å². The molecule has 3 aromatic rings. The van der Waals surface area contributed by atoms with Gasteiger partial charge in [0.15, 0.2) is 6.73 Å². The molecule has 0 aliphatic carbocycles. The van der Waals surface area contributed by atoms with E-state index in [1.807, 2.05) is 13.8 Å². The van der Waals surface area contributed by atoms with Gasteiger partial charge in [-0.2, -0.15) is 4.68 Å². The number of rotatable bonds is 7. The van der Waals surface area contributed by atoms with Gasteiger partial charge in [0.25, 0.3) is 11.5 Å². The molecular weight excluding hydrogens is 408 g/mol. The first-order valence-corrected chi connectivity index (χ1v) is 9.78. The second-order valence-electron chi connectivity index (χ2n) is 7.17. The van der Waals surface area contributed by atoms with Crippen LogP contribution in [0.3, 0.4) is 0 Å². The molecule has 3 rings (SSSR count). The van der Waals surface area contributed by atoms with E-state index < -0.39 is 30.2 Å². The highest BCUT2D eigenvalue weighted by Crippen LogP contribution is 2.12. The molecule has 1 aromatic heterocycles. The number of fused-ring (bicyclic) bond motifs is 1. The Balaban J connectivity index is 1.71. The van der Waals surface area contributed by atoms with Crippen molar-refractivity contribution in [2.75, 3.05) is 0 Å². The molecule has 1 amide bonds. The van der Waals surface area contributed by atoms with Crippen molar-refractivity contribution in [2.45, 2.75) is 33.0 Å². The third kappa shape index (κ3) is 5.21. The summed E-state index contributed by atoms with van der Waals surface area (Å²) in [5.74, 6) is -0.957. The predicted molar refractivity (Wildman–Crippen MR) is 112 cm³/mol. The molecule has 0 saturated carbocycles. The van der Waals surface area contributed by atoms with E-state index in [0.717, 1.165) is 4.68 Å². The zero-order valence-electron chi connectivity index (χ0n) is 16.5. The van der Waals surface area contributed by atoms with Crippen molar-refractivity contribution in [1.82, 2.24) is 20.3 Å². The summed E-state index contributed by atoms with van der Waals surface area (Å²) in [4.78, 5) is 37.6. The first kappa shape index (κ1) is 21.4. The quantitative estimate of drug-likeness (QED) is 0.580. The van der Waals surface area contributed by atoms with E-state index in [1.54, 1.807) is 48.5 Å². The fraction of sp³-hybridized carbons (Fsp3) is 0.286. The minimum atomic E-state index is -0.878. The van der Waals surface area contributed by atoms with E-state index in [4.69, 9.17) is 16.3 Å². The van der Waals surface area contributed by atoms with Crippen LogP contribution in [-0.2, 0) is 16.3 Å². The van der Waals surface area contributed by atoms with Crippen LogP contribution in [0.2, 0.25) is 5.02 Å². The maximum atomic E-state index is 12.6. The Bertz CT molecular complexity index is 1110. The molecule has 30 heavy (non-hydrogen) atoms.